The Hall–Kier alpha value is 0.520. The smallest absolute Gasteiger partial charge is 0.136 e. The zero-order chi connectivity index (χ0) is 13.0. The molecule has 0 aliphatic rings. The average molecular weight is 327 g/mol. The molecule has 1 heterocycles. The monoisotopic (exact) mass is 326 g/mol. The summed E-state index contributed by atoms with van der Waals surface area (Å²) in [5, 5.41) is 1.19. The summed E-state index contributed by atoms with van der Waals surface area (Å²) in [7, 11) is 0. The van der Waals surface area contributed by atoms with Crippen molar-refractivity contribution in [2.75, 3.05) is 13.1 Å². The Labute approximate surface area is 126 Å². The van der Waals surface area contributed by atoms with Gasteiger partial charge in [-0.1, -0.05) is 47.2 Å². The van der Waals surface area contributed by atoms with Gasteiger partial charge in [-0.3, -0.25) is 0 Å². The summed E-state index contributed by atoms with van der Waals surface area (Å²) in [6.07, 6.45) is 0. The van der Waals surface area contributed by atoms with Crippen LogP contribution in [0.3, 0.4) is 0 Å². The van der Waals surface area contributed by atoms with Crippen molar-refractivity contribution in [1.82, 2.24) is 4.90 Å². The molecule has 95 valence electrons. The molecule has 0 aromatic carbocycles. The van der Waals surface area contributed by atoms with Gasteiger partial charge in [0.1, 0.15) is 4.32 Å². The van der Waals surface area contributed by atoms with Gasteiger partial charge in [0.25, 0.3) is 0 Å². The van der Waals surface area contributed by atoms with E-state index in [9.17, 15) is 0 Å². The lowest BCUT2D eigenvalue weighted by molar-refractivity contribution is 0.482. The quantitative estimate of drug-likeness (QED) is 0.709. The molecule has 0 saturated heterocycles. The molecular formula is C11H14Cl2NS3. The van der Waals surface area contributed by atoms with Gasteiger partial charge < -0.3 is 4.90 Å². The first-order valence-electron chi connectivity index (χ1n) is 5.21. The number of thioether (sulfide) groups is 1. The third kappa shape index (κ3) is 4.00. The Bertz CT molecular complexity index is 400. The predicted octanol–water partition coefficient (Wildman–Crippen LogP) is 5.10. The molecule has 0 aliphatic carbocycles. The van der Waals surface area contributed by atoms with Crippen molar-refractivity contribution in [2.24, 2.45) is 0 Å². The molecular weight excluding hydrogens is 313 g/mol. The van der Waals surface area contributed by atoms with Crippen LogP contribution in [0, 0.1) is 6.92 Å². The molecule has 1 aromatic heterocycles. The van der Waals surface area contributed by atoms with E-state index in [1.54, 1.807) is 11.8 Å². The molecule has 0 N–H and O–H groups in total. The highest BCUT2D eigenvalue weighted by molar-refractivity contribution is 8.22. The van der Waals surface area contributed by atoms with Crippen LogP contribution in [0.5, 0.6) is 0 Å². The predicted molar refractivity (Wildman–Crippen MR) is 85.6 cm³/mol. The maximum absolute atomic E-state index is 6.11. The summed E-state index contributed by atoms with van der Waals surface area (Å²) < 4.78 is 0.904. The summed E-state index contributed by atoms with van der Waals surface area (Å²) in [5.41, 5.74) is 0. The fourth-order valence-corrected chi connectivity index (χ4v) is 4.36. The summed E-state index contributed by atoms with van der Waals surface area (Å²) in [5.74, 6) is 0.758. The first-order chi connectivity index (χ1) is 8.01. The second-order valence-electron chi connectivity index (χ2n) is 3.30. The molecule has 0 bridgehead atoms. The largest absolute Gasteiger partial charge is 0.358 e. The standard InChI is InChI=1S/C11H14Cl2NS3/c1-4-14(5-2)11(15)16-6-8-10(13)9(12)7(3)17-8/h3-6H2,1-2H3. The van der Waals surface area contributed by atoms with Crippen molar-refractivity contribution in [3.63, 3.8) is 0 Å². The highest BCUT2D eigenvalue weighted by Crippen LogP contribution is 2.38. The Kier molecular flexibility index (Phi) is 6.59. The highest BCUT2D eigenvalue weighted by atomic mass is 35.5. The van der Waals surface area contributed by atoms with Gasteiger partial charge in [0, 0.05) is 28.6 Å². The molecule has 0 unspecified atom stereocenters. The van der Waals surface area contributed by atoms with Crippen molar-refractivity contribution in [3.05, 3.63) is 26.7 Å². The van der Waals surface area contributed by atoms with Crippen LogP contribution < -0.4 is 0 Å². The lowest BCUT2D eigenvalue weighted by Crippen LogP contribution is -2.26. The van der Waals surface area contributed by atoms with E-state index >= 15 is 0 Å². The van der Waals surface area contributed by atoms with Gasteiger partial charge in [0.05, 0.1) is 10.0 Å². The zero-order valence-electron chi connectivity index (χ0n) is 9.76. The molecule has 17 heavy (non-hydrogen) atoms. The number of hydrogen-bond acceptors (Lipinski definition) is 3. The van der Waals surface area contributed by atoms with Gasteiger partial charge in [0.15, 0.2) is 0 Å². The molecule has 1 rings (SSSR count). The molecule has 0 saturated carbocycles. The zero-order valence-corrected chi connectivity index (χ0v) is 13.7. The topological polar surface area (TPSA) is 3.24 Å². The van der Waals surface area contributed by atoms with Crippen LogP contribution in [-0.4, -0.2) is 22.3 Å². The summed E-state index contributed by atoms with van der Waals surface area (Å²) in [4.78, 5) is 4.01. The molecule has 0 atom stereocenters. The normalized spacial score (nSPS) is 10.6. The SMILES string of the molecule is [CH2]c1sc(CSC(=S)N(CC)CC)c(Cl)c1Cl. The minimum atomic E-state index is 0.570. The van der Waals surface area contributed by atoms with E-state index in [1.165, 1.54) is 11.3 Å². The molecule has 1 radical (unpaired) electrons. The van der Waals surface area contributed by atoms with Crippen LogP contribution in [0.2, 0.25) is 10.0 Å². The Balaban J connectivity index is 2.61. The number of hydrogen-bond donors (Lipinski definition) is 0. The lowest BCUT2D eigenvalue weighted by Gasteiger charge is -2.20. The van der Waals surface area contributed by atoms with E-state index in [2.05, 4.69) is 25.7 Å². The second kappa shape index (κ2) is 7.19. The van der Waals surface area contributed by atoms with Crippen LogP contribution in [0.4, 0.5) is 0 Å². The Morgan fingerprint density at radius 1 is 1.35 bits per heavy atom. The first kappa shape index (κ1) is 15.6. The minimum Gasteiger partial charge on any atom is -0.358 e. The van der Waals surface area contributed by atoms with Gasteiger partial charge in [-0.25, -0.2) is 0 Å². The molecule has 0 aliphatic heterocycles. The van der Waals surface area contributed by atoms with Crippen molar-refractivity contribution in [2.45, 2.75) is 19.6 Å². The van der Waals surface area contributed by atoms with Gasteiger partial charge in [-0.2, -0.15) is 0 Å². The van der Waals surface area contributed by atoms with Crippen LogP contribution in [0.25, 0.3) is 0 Å². The van der Waals surface area contributed by atoms with Gasteiger partial charge in [0.2, 0.25) is 0 Å². The number of thiocarbonyl (C=S) groups is 1. The van der Waals surface area contributed by atoms with E-state index in [1.807, 2.05) is 0 Å². The van der Waals surface area contributed by atoms with Crippen molar-refractivity contribution in [1.29, 1.82) is 0 Å². The van der Waals surface area contributed by atoms with Crippen molar-refractivity contribution in [3.8, 4) is 0 Å². The van der Waals surface area contributed by atoms with Crippen LogP contribution in [0.15, 0.2) is 0 Å². The van der Waals surface area contributed by atoms with Gasteiger partial charge in [-0.05, 0) is 20.8 Å². The number of thiophene rings is 1. The summed E-state index contributed by atoms with van der Waals surface area (Å²) in [6, 6.07) is 0. The van der Waals surface area contributed by atoms with Gasteiger partial charge in [-0.15, -0.1) is 11.3 Å². The fourth-order valence-electron chi connectivity index (χ4n) is 1.28. The maximum atomic E-state index is 6.11. The average Bonchev–Trinajstić information content (AvgIpc) is 2.56. The first-order valence-corrected chi connectivity index (χ1v) is 8.18. The summed E-state index contributed by atoms with van der Waals surface area (Å²) in [6.45, 7) is 9.90. The third-order valence-corrected chi connectivity index (χ3v) is 6.21. The third-order valence-electron chi connectivity index (χ3n) is 2.28. The maximum Gasteiger partial charge on any atom is 0.136 e. The van der Waals surface area contributed by atoms with E-state index in [4.69, 9.17) is 35.4 Å². The van der Waals surface area contributed by atoms with Crippen LogP contribution in [0.1, 0.15) is 23.6 Å². The fraction of sp³-hybridized carbons (Fsp3) is 0.455. The molecule has 1 aromatic rings. The number of nitrogens with zero attached hydrogens (tertiary/aromatic N) is 1. The van der Waals surface area contributed by atoms with Crippen molar-refractivity contribution >= 4 is 62.8 Å². The Morgan fingerprint density at radius 3 is 2.35 bits per heavy atom. The van der Waals surface area contributed by atoms with Crippen molar-refractivity contribution < 1.29 is 0 Å². The van der Waals surface area contributed by atoms with E-state index < -0.39 is 0 Å². The van der Waals surface area contributed by atoms with E-state index in [0.717, 1.165) is 32.9 Å². The van der Waals surface area contributed by atoms with E-state index in [-0.39, 0.29) is 0 Å². The summed E-state index contributed by atoms with van der Waals surface area (Å²) >= 11 is 20.6. The highest BCUT2D eigenvalue weighted by Gasteiger charge is 2.14. The second-order valence-corrected chi connectivity index (χ2v) is 6.86. The van der Waals surface area contributed by atoms with Crippen LogP contribution >= 0.6 is 58.5 Å². The van der Waals surface area contributed by atoms with Crippen LogP contribution in [-0.2, 0) is 5.75 Å². The minimum absolute atomic E-state index is 0.570. The van der Waals surface area contributed by atoms with Gasteiger partial charge >= 0.3 is 0 Å². The molecule has 1 nitrogen and oxygen atoms in total. The number of halogens is 2. The molecule has 0 fully saturated rings. The molecule has 0 amide bonds. The number of rotatable bonds is 4. The van der Waals surface area contributed by atoms with E-state index in [0.29, 0.717) is 10.0 Å². The lowest BCUT2D eigenvalue weighted by atomic mass is 10.4. The Morgan fingerprint density at radius 2 is 1.94 bits per heavy atom. The molecule has 0 spiro atoms. The molecule has 6 heteroatoms.